The van der Waals surface area contributed by atoms with Gasteiger partial charge in [0.25, 0.3) is 5.91 Å². The Morgan fingerprint density at radius 1 is 0.893 bits per heavy atom. The molecule has 4 nitrogen and oxygen atoms in total. The number of aromatic amines is 1. The van der Waals surface area contributed by atoms with E-state index in [1.807, 2.05) is 65.8 Å². The first-order chi connectivity index (χ1) is 13.8. The number of carbonyl (C=O) groups excluding carboxylic acids is 1. The van der Waals surface area contributed by atoms with Gasteiger partial charge >= 0.3 is 0 Å². The number of H-pyrrole nitrogens is 1. The van der Waals surface area contributed by atoms with Gasteiger partial charge in [0.15, 0.2) is 0 Å². The molecule has 4 heteroatoms. The molecule has 0 radical (unpaired) electrons. The molecule has 1 N–H and O–H groups in total. The lowest BCUT2D eigenvalue weighted by atomic mass is 10.0. The van der Waals surface area contributed by atoms with Gasteiger partial charge in [0.2, 0.25) is 0 Å². The fourth-order valence-electron chi connectivity index (χ4n) is 3.60. The van der Waals surface area contributed by atoms with Gasteiger partial charge in [0.05, 0.1) is 0 Å². The molecule has 2 heterocycles. The number of amides is 1. The molecule has 0 bridgehead atoms. The molecular formula is C24H25N3O. The Hall–Kier alpha value is -3.11. The first kappa shape index (κ1) is 18.3. The second-order valence-corrected chi connectivity index (χ2v) is 7.12. The third-order valence-corrected chi connectivity index (χ3v) is 5.16. The number of hydrogen-bond acceptors (Lipinski definition) is 2. The molecule has 28 heavy (non-hydrogen) atoms. The number of rotatable bonds is 5. The van der Waals surface area contributed by atoms with Crippen LogP contribution in [0.5, 0.6) is 0 Å². The van der Waals surface area contributed by atoms with Gasteiger partial charge in [-0.2, -0.15) is 0 Å². The summed E-state index contributed by atoms with van der Waals surface area (Å²) in [5.74, 6) is 0.103. The van der Waals surface area contributed by atoms with Gasteiger partial charge in [-0.3, -0.25) is 9.69 Å². The average molecular weight is 371 g/mol. The largest absolute Gasteiger partial charge is 0.367 e. The molecule has 1 aromatic heterocycles. The van der Waals surface area contributed by atoms with Crippen molar-refractivity contribution in [1.82, 2.24) is 14.8 Å². The highest BCUT2D eigenvalue weighted by Crippen LogP contribution is 2.22. The molecular weight excluding hydrogens is 346 g/mol. The Morgan fingerprint density at radius 2 is 1.57 bits per heavy atom. The maximum atomic E-state index is 13.3. The van der Waals surface area contributed by atoms with E-state index >= 15 is 0 Å². The van der Waals surface area contributed by atoms with Crippen LogP contribution in [0.1, 0.15) is 16.7 Å². The maximum absolute atomic E-state index is 13.3. The van der Waals surface area contributed by atoms with E-state index in [1.54, 1.807) is 0 Å². The van der Waals surface area contributed by atoms with Gasteiger partial charge in [0.1, 0.15) is 0 Å². The Bertz CT molecular complexity index is 909. The Morgan fingerprint density at radius 3 is 2.21 bits per heavy atom. The van der Waals surface area contributed by atoms with Gasteiger partial charge in [0, 0.05) is 50.7 Å². The number of nitrogens with one attached hydrogen (secondary N) is 1. The van der Waals surface area contributed by atoms with Crippen LogP contribution in [0, 0.1) is 0 Å². The van der Waals surface area contributed by atoms with Crippen LogP contribution in [-0.2, 0) is 11.3 Å². The lowest BCUT2D eigenvalue weighted by molar-refractivity contribution is -0.126. The fraction of sp³-hybridized carbons (Fsp3) is 0.208. The van der Waals surface area contributed by atoms with Crippen molar-refractivity contribution in [2.75, 3.05) is 26.2 Å². The normalized spacial score (nSPS) is 15.6. The van der Waals surface area contributed by atoms with Crippen LogP contribution in [0.25, 0.3) is 11.6 Å². The third kappa shape index (κ3) is 4.41. The number of nitrogens with zero attached hydrogens (tertiary/aromatic N) is 2. The van der Waals surface area contributed by atoms with Crippen molar-refractivity contribution in [1.29, 1.82) is 0 Å². The summed E-state index contributed by atoms with van der Waals surface area (Å²) in [7, 11) is 0. The predicted molar refractivity (Wildman–Crippen MR) is 113 cm³/mol. The minimum Gasteiger partial charge on any atom is -0.367 e. The van der Waals surface area contributed by atoms with Crippen molar-refractivity contribution in [3.63, 3.8) is 0 Å². The molecule has 0 spiro atoms. The van der Waals surface area contributed by atoms with Crippen molar-refractivity contribution in [2.45, 2.75) is 6.54 Å². The molecule has 1 saturated heterocycles. The SMILES string of the molecule is O=C(C(=Cc1cc[nH]c1)c1ccccc1)N1CCN(Cc2ccccc2)CC1. The van der Waals surface area contributed by atoms with Crippen molar-refractivity contribution in [3.8, 4) is 0 Å². The second kappa shape index (κ2) is 8.72. The summed E-state index contributed by atoms with van der Waals surface area (Å²) in [4.78, 5) is 20.8. The molecule has 1 aliphatic rings. The number of carbonyl (C=O) groups is 1. The molecule has 3 aromatic rings. The second-order valence-electron chi connectivity index (χ2n) is 7.12. The molecule has 1 amide bonds. The Labute approximate surface area is 166 Å². The minimum absolute atomic E-state index is 0.103. The predicted octanol–water partition coefficient (Wildman–Crippen LogP) is 3.90. The van der Waals surface area contributed by atoms with Crippen LogP contribution in [0.15, 0.2) is 79.1 Å². The smallest absolute Gasteiger partial charge is 0.254 e. The minimum atomic E-state index is 0.103. The van der Waals surface area contributed by atoms with Crippen LogP contribution in [0.3, 0.4) is 0 Å². The summed E-state index contributed by atoms with van der Waals surface area (Å²) in [6, 6.07) is 22.4. The standard InChI is InChI=1S/C24H25N3O/c28-24(23(17-21-11-12-25-18-21)22-9-5-2-6-10-22)27-15-13-26(14-16-27)19-20-7-3-1-4-8-20/h1-12,17-18,25H,13-16,19H2. The summed E-state index contributed by atoms with van der Waals surface area (Å²) >= 11 is 0. The third-order valence-electron chi connectivity index (χ3n) is 5.16. The molecule has 0 unspecified atom stereocenters. The van der Waals surface area contributed by atoms with E-state index in [1.165, 1.54) is 5.56 Å². The molecule has 0 atom stereocenters. The van der Waals surface area contributed by atoms with Crippen LogP contribution in [0.2, 0.25) is 0 Å². The first-order valence-corrected chi connectivity index (χ1v) is 9.75. The molecule has 1 fully saturated rings. The van der Waals surface area contributed by atoms with Gasteiger partial charge in [-0.05, 0) is 28.8 Å². The topological polar surface area (TPSA) is 39.3 Å². The number of piperazine rings is 1. The van der Waals surface area contributed by atoms with E-state index in [2.05, 4.69) is 34.1 Å². The van der Waals surface area contributed by atoms with Gasteiger partial charge in [-0.1, -0.05) is 60.7 Å². The summed E-state index contributed by atoms with van der Waals surface area (Å²) in [6.07, 6.45) is 5.76. The van der Waals surface area contributed by atoms with E-state index in [0.29, 0.717) is 0 Å². The monoisotopic (exact) mass is 371 g/mol. The first-order valence-electron chi connectivity index (χ1n) is 9.75. The summed E-state index contributed by atoms with van der Waals surface area (Å²) in [6.45, 7) is 4.24. The highest BCUT2D eigenvalue weighted by atomic mass is 16.2. The highest BCUT2D eigenvalue weighted by Gasteiger charge is 2.24. The Balaban J connectivity index is 1.46. The molecule has 142 valence electrons. The molecule has 0 aliphatic carbocycles. The van der Waals surface area contributed by atoms with E-state index in [0.717, 1.165) is 49.4 Å². The van der Waals surface area contributed by atoms with Crippen molar-refractivity contribution < 1.29 is 4.79 Å². The van der Waals surface area contributed by atoms with Crippen molar-refractivity contribution in [3.05, 3.63) is 95.8 Å². The van der Waals surface area contributed by atoms with Crippen molar-refractivity contribution in [2.24, 2.45) is 0 Å². The summed E-state index contributed by atoms with van der Waals surface area (Å²) in [5.41, 5.74) is 4.03. The maximum Gasteiger partial charge on any atom is 0.254 e. The average Bonchev–Trinajstić information content (AvgIpc) is 3.27. The zero-order valence-corrected chi connectivity index (χ0v) is 15.9. The molecule has 2 aromatic carbocycles. The zero-order chi connectivity index (χ0) is 19.2. The number of benzene rings is 2. The van der Waals surface area contributed by atoms with Gasteiger partial charge in [-0.25, -0.2) is 0 Å². The zero-order valence-electron chi connectivity index (χ0n) is 15.9. The van der Waals surface area contributed by atoms with Crippen LogP contribution >= 0.6 is 0 Å². The summed E-state index contributed by atoms with van der Waals surface area (Å²) in [5, 5.41) is 0. The lowest BCUT2D eigenvalue weighted by Crippen LogP contribution is -2.48. The van der Waals surface area contributed by atoms with E-state index in [9.17, 15) is 4.79 Å². The quantitative estimate of drug-likeness (QED) is 0.691. The van der Waals surface area contributed by atoms with E-state index in [-0.39, 0.29) is 5.91 Å². The molecule has 0 saturated carbocycles. The number of hydrogen-bond donors (Lipinski definition) is 1. The van der Waals surface area contributed by atoms with E-state index in [4.69, 9.17) is 0 Å². The molecule has 1 aliphatic heterocycles. The van der Waals surface area contributed by atoms with Gasteiger partial charge < -0.3 is 9.88 Å². The number of aromatic nitrogens is 1. The van der Waals surface area contributed by atoms with Gasteiger partial charge in [-0.15, -0.1) is 0 Å². The van der Waals surface area contributed by atoms with Crippen LogP contribution in [-0.4, -0.2) is 46.9 Å². The lowest BCUT2D eigenvalue weighted by Gasteiger charge is -2.35. The van der Waals surface area contributed by atoms with Crippen LogP contribution in [0.4, 0.5) is 0 Å². The fourth-order valence-corrected chi connectivity index (χ4v) is 3.60. The van der Waals surface area contributed by atoms with Crippen molar-refractivity contribution >= 4 is 17.6 Å². The highest BCUT2D eigenvalue weighted by molar-refractivity contribution is 6.24. The Kier molecular flexibility index (Phi) is 5.69. The molecule has 4 rings (SSSR count). The van der Waals surface area contributed by atoms with E-state index < -0.39 is 0 Å². The van der Waals surface area contributed by atoms with Crippen LogP contribution < -0.4 is 0 Å². The summed E-state index contributed by atoms with van der Waals surface area (Å²) < 4.78 is 0.